The highest BCUT2D eigenvalue weighted by Gasteiger charge is 2.24. The third kappa shape index (κ3) is 3.09. The number of carbonyl (C=O) groups is 2. The van der Waals surface area contributed by atoms with Crippen LogP contribution in [-0.2, 0) is 17.7 Å². The molecule has 0 atom stereocenters. The summed E-state index contributed by atoms with van der Waals surface area (Å²) in [6, 6.07) is 6.15. The first kappa shape index (κ1) is 18.4. The van der Waals surface area contributed by atoms with E-state index in [4.69, 9.17) is 9.47 Å². The number of fused-ring (bicyclic) bond motifs is 2. The summed E-state index contributed by atoms with van der Waals surface area (Å²) in [6.07, 6.45) is 1.68. The number of esters is 2. The summed E-state index contributed by atoms with van der Waals surface area (Å²) in [5.41, 5.74) is 0.878. The van der Waals surface area contributed by atoms with Gasteiger partial charge in [0.25, 0.3) is 5.56 Å². The van der Waals surface area contributed by atoms with E-state index in [0.29, 0.717) is 38.5 Å². The first-order valence-electron chi connectivity index (χ1n) is 9.01. The Morgan fingerprint density at radius 3 is 2.68 bits per heavy atom. The SMILES string of the molecule is CCOC(=O)c1ccc(OC(=O)c2sc3nc4n(c(=O)c3c2C)CCC4)cc1. The smallest absolute Gasteiger partial charge is 0.354 e. The number of aryl methyl sites for hydroxylation is 2. The summed E-state index contributed by atoms with van der Waals surface area (Å²) in [4.78, 5) is 42.6. The first-order chi connectivity index (χ1) is 13.5. The van der Waals surface area contributed by atoms with Gasteiger partial charge in [-0.1, -0.05) is 0 Å². The second-order valence-electron chi connectivity index (χ2n) is 6.46. The van der Waals surface area contributed by atoms with Gasteiger partial charge in [-0.3, -0.25) is 9.36 Å². The lowest BCUT2D eigenvalue weighted by atomic mass is 10.2. The van der Waals surface area contributed by atoms with E-state index in [-0.39, 0.29) is 12.2 Å². The number of benzene rings is 1. The molecule has 0 bridgehead atoms. The van der Waals surface area contributed by atoms with Crippen LogP contribution in [0.5, 0.6) is 5.75 Å². The molecule has 0 unspecified atom stereocenters. The van der Waals surface area contributed by atoms with E-state index in [2.05, 4.69) is 4.98 Å². The van der Waals surface area contributed by atoms with Crippen LogP contribution < -0.4 is 10.3 Å². The van der Waals surface area contributed by atoms with Gasteiger partial charge < -0.3 is 9.47 Å². The summed E-state index contributed by atoms with van der Waals surface area (Å²) >= 11 is 1.17. The Morgan fingerprint density at radius 1 is 1.21 bits per heavy atom. The van der Waals surface area contributed by atoms with E-state index in [0.717, 1.165) is 18.7 Å². The molecule has 1 aliphatic heterocycles. The molecule has 3 aromatic rings. The normalized spacial score (nSPS) is 12.8. The lowest BCUT2D eigenvalue weighted by Gasteiger charge is -2.05. The zero-order chi connectivity index (χ0) is 19.8. The van der Waals surface area contributed by atoms with Gasteiger partial charge in [-0.15, -0.1) is 11.3 Å². The topological polar surface area (TPSA) is 87.5 Å². The monoisotopic (exact) mass is 398 g/mol. The van der Waals surface area contributed by atoms with Crippen molar-refractivity contribution in [1.82, 2.24) is 9.55 Å². The molecule has 7 nitrogen and oxygen atoms in total. The van der Waals surface area contributed by atoms with Gasteiger partial charge >= 0.3 is 11.9 Å². The standard InChI is InChI=1S/C20H18N2O5S/c1-3-26-19(24)12-6-8-13(9-7-12)27-20(25)16-11(2)15-17(28-16)21-14-5-4-10-22(14)18(15)23/h6-9H,3-5,10H2,1-2H3. The summed E-state index contributed by atoms with van der Waals surface area (Å²) < 4.78 is 12.0. The average Bonchev–Trinajstić information content (AvgIpc) is 3.28. The fraction of sp³-hybridized carbons (Fsp3) is 0.300. The van der Waals surface area contributed by atoms with Crippen LogP contribution >= 0.6 is 11.3 Å². The van der Waals surface area contributed by atoms with Crippen molar-refractivity contribution >= 4 is 33.5 Å². The summed E-state index contributed by atoms with van der Waals surface area (Å²) in [7, 11) is 0. The third-order valence-electron chi connectivity index (χ3n) is 4.67. The molecule has 0 fully saturated rings. The van der Waals surface area contributed by atoms with Crippen molar-refractivity contribution in [2.24, 2.45) is 0 Å². The van der Waals surface area contributed by atoms with Gasteiger partial charge in [0, 0.05) is 13.0 Å². The van der Waals surface area contributed by atoms with Crippen molar-refractivity contribution in [3.05, 3.63) is 56.4 Å². The maximum atomic E-state index is 12.7. The highest BCUT2D eigenvalue weighted by molar-refractivity contribution is 7.20. The first-order valence-corrected chi connectivity index (χ1v) is 9.83. The van der Waals surface area contributed by atoms with Gasteiger partial charge in [-0.2, -0.15) is 0 Å². The molecule has 0 spiro atoms. The molecule has 4 rings (SSSR count). The van der Waals surface area contributed by atoms with Gasteiger partial charge in [0.2, 0.25) is 0 Å². The molecule has 3 heterocycles. The number of rotatable bonds is 4. The van der Waals surface area contributed by atoms with Crippen molar-refractivity contribution < 1.29 is 19.1 Å². The molecule has 0 N–H and O–H groups in total. The molecule has 1 aromatic carbocycles. The lowest BCUT2D eigenvalue weighted by molar-refractivity contribution is 0.0526. The molecule has 0 radical (unpaired) electrons. The average molecular weight is 398 g/mol. The Bertz CT molecular complexity index is 1140. The maximum Gasteiger partial charge on any atom is 0.354 e. The zero-order valence-corrected chi connectivity index (χ0v) is 16.3. The Hall–Kier alpha value is -3.00. The van der Waals surface area contributed by atoms with Crippen LogP contribution in [0.25, 0.3) is 10.2 Å². The van der Waals surface area contributed by atoms with Crippen LogP contribution in [0.4, 0.5) is 0 Å². The molecular weight excluding hydrogens is 380 g/mol. The van der Waals surface area contributed by atoms with Gasteiger partial charge in [0.05, 0.1) is 17.6 Å². The Balaban J connectivity index is 1.61. The molecular formula is C20H18N2O5S. The minimum atomic E-state index is -0.547. The van der Waals surface area contributed by atoms with Crippen molar-refractivity contribution in [3.8, 4) is 5.75 Å². The Morgan fingerprint density at radius 2 is 1.96 bits per heavy atom. The van der Waals surface area contributed by atoms with Crippen LogP contribution in [0.3, 0.4) is 0 Å². The van der Waals surface area contributed by atoms with Crippen LogP contribution in [0.2, 0.25) is 0 Å². The Labute approximate surface area is 164 Å². The molecule has 144 valence electrons. The van der Waals surface area contributed by atoms with E-state index in [1.807, 2.05) is 0 Å². The highest BCUT2D eigenvalue weighted by Crippen LogP contribution is 2.29. The quantitative estimate of drug-likeness (QED) is 0.496. The van der Waals surface area contributed by atoms with Gasteiger partial charge in [-0.05, 0) is 50.1 Å². The van der Waals surface area contributed by atoms with E-state index in [1.54, 1.807) is 18.4 Å². The molecule has 0 saturated heterocycles. The van der Waals surface area contributed by atoms with E-state index < -0.39 is 11.9 Å². The number of aromatic nitrogens is 2. The van der Waals surface area contributed by atoms with Gasteiger partial charge in [-0.25, -0.2) is 14.6 Å². The zero-order valence-electron chi connectivity index (χ0n) is 15.5. The maximum absolute atomic E-state index is 12.7. The number of thiophene rings is 1. The summed E-state index contributed by atoms with van der Waals surface area (Å²) in [5.74, 6) is 0.101. The molecule has 0 amide bonds. The minimum absolute atomic E-state index is 0.0934. The van der Waals surface area contributed by atoms with Crippen LogP contribution in [-0.4, -0.2) is 28.1 Å². The number of ether oxygens (including phenoxy) is 2. The van der Waals surface area contributed by atoms with Gasteiger partial charge in [0.15, 0.2) is 0 Å². The second kappa shape index (κ2) is 7.20. The van der Waals surface area contributed by atoms with Crippen LogP contribution in [0, 0.1) is 6.92 Å². The second-order valence-corrected chi connectivity index (χ2v) is 7.46. The minimum Gasteiger partial charge on any atom is -0.462 e. The lowest BCUT2D eigenvalue weighted by Crippen LogP contribution is -2.20. The van der Waals surface area contributed by atoms with E-state index in [1.165, 1.54) is 35.6 Å². The summed E-state index contributed by atoms with van der Waals surface area (Å²) in [6.45, 7) is 4.43. The number of hydrogen-bond acceptors (Lipinski definition) is 7. The molecule has 1 aliphatic rings. The predicted octanol–water partition coefficient (Wildman–Crippen LogP) is 3.11. The fourth-order valence-corrected chi connectivity index (χ4v) is 4.36. The highest BCUT2D eigenvalue weighted by atomic mass is 32.1. The fourth-order valence-electron chi connectivity index (χ4n) is 3.30. The number of nitrogens with zero attached hydrogens (tertiary/aromatic N) is 2. The van der Waals surface area contributed by atoms with Crippen LogP contribution in [0.1, 0.15) is 44.8 Å². The largest absolute Gasteiger partial charge is 0.462 e. The Kier molecular flexibility index (Phi) is 4.72. The molecule has 0 saturated carbocycles. The predicted molar refractivity (Wildman–Crippen MR) is 104 cm³/mol. The number of hydrogen-bond donors (Lipinski definition) is 0. The molecule has 0 aliphatic carbocycles. The summed E-state index contributed by atoms with van der Waals surface area (Å²) in [5, 5.41) is 0.486. The van der Waals surface area contributed by atoms with E-state index >= 15 is 0 Å². The van der Waals surface area contributed by atoms with Crippen molar-refractivity contribution in [1.29, 1.82) is 0 Å². The van der Waals surface area contributed by atoms with Crippen molar-refractivity contribution in [2.45, 2.75) is 33.2 Å². The van der Waals surface area contributed by atoms with Crippen molar-refractivity contribution in [3.63, 3.8) is 0 Å². The van der Waals surface area contributed by atoms with Crippen molar-refractivity contribution in [2.75, 3.05) is 6.61 Å². The van der Waals surface area contributed by atoms with Crippen LogP contribution in [0.15, 0.2) is 29.1 Å². The number of carbonyl (C=O) groups excluding carboxylic acids is 2. The van der Waals surface area contributed by atoms with Gasteiger partial charge in [0.1, 0.15) is 21.3 Å². The third-order valence-corrected chi connectivity index (χ3v) is 5.84. The molecule has 8 heteroatoms. The molecule has 28 heavy (non-hydrogen) atoms. The molecule has 2 aromatic heterocycles. The van der Waals surface area contributed by atoms with E-state index in [9.17, 15) is 14.4 Å².